The molecule has 0 spiro atoms. The third kappa shape index (κ3) is 9.87. The summed E-state index contributed by atoms with van der Waals surface area (Å²) in [5.74, 6) is 2.38. The van der Waals surface area contributed by atoms with Crippen molar-refractivity contribution < 1.29 is 35.8 Å². The van der Waals surface area contributed by atoms with E-state index >= 15 is 0 Å². The standard InChI is InChI=1S/C19H21ClF3N3O.C19H22F3N3O/c20-16-3-1-14(2-4-16)17-11-26(24-18(17)27-12-19(21,22)23)10-15-9-25-7-5-13(15)6-8-25;20-19(21,22)13-26-18-17(15-4-2-1-3-5-15)12-25(23-18)11-16-10-24-8-6-14(16)7-9-24/h1-4,11,13,15H,5-10,12H2;1-5,12,14,16H,6-11,13H2. The number of nitrogens with zero attached hydrogens (tertiary/aromatic N) is 6. The van der Waals surface area contributed by atoms with E-state index in [-0.39, 0.29) is 11.8 Å². The number of aromatic nitrogens is 4. The van der Waals surface area contributed by atoms with Gasteiger partial charge in [-0.3, -0.25) is 9.36 Å². The zero-order chi connectivity index (χ0) is 37.2. The number of halogens is 7. The van der Waals surface area contributed by atoms with E-state index in [1.54, 1.807) is 39.8 Å². The molecule has 2 atom stereocenters. The highest BCUT2D eigenvalue weighted by Gasteiger charge is 2.36. The third-order valence-corrected chi connectivity index (χ3v) is 11.1. The molecule has 0 N–H and O–H groups in total. The fraction of sp³-hybridized carbons (Fsp3) is 0.526. The molecule has 286 valence electrons. The van der Waals surface area contributed by atoms with E-state index in [0.717, 1.165) is 56.9 Å². The molecular weight excluding hydrogens is 722 g/mol. The van der Waals surface area contributed by atoms with Crippen LogP contribution in [0, 0.1) is 23.7 Å². The number of ether oxygens (including phenoxy) is 2. The van der Waals surface area contributed by atoms with Gasteiger partial charge in [0.2, 0.25) is 11.8 Å². The van der Waals surface area contributed by atoms with E-state index in [1.165, 1.54) is 25.7 Å². The van der Waals surface area contributed by atoms with Crippen molar-refractivity contribution in [2.45, 2.75) is 51.1 Å². The maximum Gasteiger partial charge on any atom is 0.422 e. The summed E-state index contributed by atoms with van der Waals surface area (Å²) < 4.78 is 89.2. The number of alkyl halides is 6. The molecule has 6 aliphatic heterocycles. The number of hydrogen-bond acceptors (Lipinski definition) is 6. The third-order valence-electron chi connectivity index (χ3n) is 10.9. The lowest BCUT2D eigenvalue weighted by Crippen LogP contribution is -2.48. The van der Waals surface area contributed by atoms with Gasteiger partial charge in [-0.2, -0.15) is 26.3 Å². The van der Waals surface area contributed by atoms with Gasteiger partial charge in [0.1, 0.15) is 0 Å². The maximum absolute atomic E-state index is 12.6. The Morgan fingerprint density at radius 2 is 1.02 bits per heavy atom. The molecule has 6 aliphatic rings. The minimum absolute atomic E-state index is 0.0101. The van der Waals surface area contributed by atoms with Gasteiger partial charge in [0.25, 0.3) is 0 Å². The lowest BCUT2D eigenvalue weighted by Gasteiger charge is -2.44. The molecule has 53 heavy (non-hydrogen) atoms. The summed E-state index contributed by atoms with van der Waals surface area (Å²) in [7, 11) is 0. The first-order chi connectivity index (χ1) is 25.3. The Morgan fingerprint density at radius 3 is 1.40 bits per heavy atom. The highest BCUT2D eigenvalue weighted by atomic mass is 35.5. The average Bonchev–Trinajstić information content (AvgIpc) is 3.75. The number of benzene rings is 2. The minimum Gasteiger partial charge on any atom is -0.467 e. The first-order valence-electron chi connectivity index (χ1n) is 18.2. The number of hydrogen-bond donors (Lipinski definition) is 0. The van der Waals surface area contributed by atoms with Crippen molar-refractivity contribution in [1.82, 2.24) is 29.4 Å². The second-order valence-electron chi connectivity index (χ2n) is 14.6. The smallest absolute Gasteiger partial charge is 0.422 e. The van der Waals surface area contributed by atoms with Crippen molar-refractivity contribution in [1.29, 1.82) is 0 Å². The predicted molar refractivity (Wildman–Crippen MR) is 189 cm³/mol. The van der Waals surface area contributed by atoms with Crippen molar-refractivity contribution in [2.24, 2.45) is 23.7 Å². The molecule has 4 aromatic rings. The SMILES string of the molecule is FC(F)(F)COc1nn(CC2CN3CCC2CC3)cc1-c1ccc(Cl)cc1.FC(F)(F)COc1nn(CC2CN3CCC2CC3)cc1-c1ccccc1. The first kappa shape index (κ1) is 37.6. The van der Waals surface area contributed by atoms with E-state index < -0.39 is 25.6 Å². The van der Waals surface area contributed by atoms with Crippen LogP contribution < -0.4 is 9.47 Å². The van der Waals surface area contributed by atoms with Crippen LogP contribution in [0.25, 0.3) is 22.3 Å². The van der Waals surface area contributed by atoms with Crippen LogP contribution in [0.5, 0.6) is 11.8 Å². The predicted octanol–water partition coefficient (Wildman–Crippen LogP) is 8.32. The summed E-state index contributed by atoms with van der Waals surface area (Å²) in [5, 5.41) is 9.24. The first-order valence-corrected chi connectivity index (χ1v) is 18.5. The number of rotatable bonds is 10. The zero-order valence-electron chi connectivity index (χ0n) is 29.2. The normalized spacial score (nSPS) is 25.2. The topological polar surface area (TPSA) is 60.6 Å². The molecule has 0 radical (unpaired) electrons. The van der Waals surface area contributed by atoms with Crippen molar-refractivity contribution in [3.05, 3.63) is 72.0 Å². The Bertz CT molecular complexity index is 1780. The summed E-state index contributed by atoms with van der Waals surface area (Å²) in [4.78, 5) is 4.92. The van der Waals surface area contributed by atoms with Gasteiger partial charge in [0, 0.05) is 43.6 Å². The lowest BCUT2D eigenvalue weighted by molar-refractivity contribution is -0.154. The van der Waals surface area contributed by atoms with Crippen LogP contribution in [-0.4, -0.2) is 94.2 Å². The largest absolute Gasteiger partial charge is 0.467 e. The van der Waals surface area contributed by atoms with Crippen LogP contribution in [0.15, 0.2) is 67.0 Å². The molecule has 10 rings (SSSR count). The van der Waals surface area contributed by atoms with Crippen molar-refractivity contribution in [3.8, 4) is 34.0 Å². The van der Waals surface area contributed by atoms with E-state index in [4.69, 9.17) is 21.1 Å². The van der Waals surface area contributed by atoms with Gasteiger partial charge in [-0.1, -0.05) is 54.1 Å². The zero-order valence-corrected chi connectivity index (χ0v) is 30.0. The van der Waals surface area contributed by atoms with Crippen LogP contribution in [0.3, 0.4) is 0 Å². The molecule has 0 amide bonds. The van der Waals surface area contributed by atoms with Crippen LogP contribution in [0.1, 0.15) is 25.7 Å². The van der Waals surface area contributed by atoms with E-state index in [2.05, 4.69) is 20.0 Å². The molecule has 8 heterocycles. The van der Waals surface area contributed by atoms with Gasteiger partial charge >= 0.3 is 12.4 Å². The summed E-state index contributed by atoms with van der Waals surface area (Å²) in [6, 6.07) is 16.2. The summed E-state index contributed by atoms with van der Waals surface area (Å²) in [6.45, 7) is 5.42. The summed E-state index contributed by atoms with van der Waals surface area (Å²) in [5.41, 5.74) is 2.70. The Morgan fingerprint density at radius 1 is 0.604 bits per heavy atom. The van der Waals surface area contributed by atoms with Crippen molar-refractivity contribution >= 4 is 11.6 Å². The number of piperidine rings is 6. The minimum atomic E-state index is -4.41. The van der Waals surface area contributed by atoms with E-state index in [1.807, 2.05) is 36.5 Å². The van der Waals surface area contributed by atoms with Crippen LogP contribution in [-0.2, 0) is 13.1 Å². The summed E-state index contributed by atoms with van der Waals surface area (Å²) >= 11 is 5.92. The number of fused-ring (bicyclic) bond motifs is 6. The quantitative estimate of drug-likeness (QED) is 0.152. The fourth-order valence-corrected chi connectivity index (χ4v) is 8.35. The molecule has 0 saturated carbocycles. The Kier molecular flexibility index (Phi) is 11.3. The molecular formula is C38H43ClF6N6O2. The van der Waals surface area contributed by atoms with Gasteiger partial charge in [0.15, 0.2) is 13.2 Å². The summed E-state index contributed by atoms with van der Waals surface area (Å²) in [6.07, 6.45) is -0.403. The molecule has 8 nitrogen and oxygen atoms in total. The lowest BCUT2D eigenvalue weighted by atomic mass is 9.79. The molecule has 0 aliphatic carbocycles. The van der Waals surface area contributed by atoms with Gasteiger partial charge in [0.05, 0.1) is 11.1 Å². The molecule has 15 heteroatoms. The molecule has 2 unspecified atom stereocenters. The van der Waals surface area contributed by atoms with Crippen LogP contribution in [0.2, 0.25) is 5.02 Å². The Balaban J connectivity index is 0.000000164. The monoisotopic (exact) mass is 764 g/mol. The maximum atomic E-state index is 12.6. The molecule has 2 aromatic heterocycles. The van der Waals surface area contributed by atoms with Gasteiger partial charge in [-0.05, 0) is 98.8 Å². The van der Waals surface area contributed by atoms with Crippen molar-refractivity contribution in [3.63, 3.8) is 0 Å². The molecule has 2 aromatic carbocycles. The molecule has 6 fully saturated rings. The average molecular weight is 765 g/mol. The van der Waals surface area contributed by atoms with E-state index in [0.29, 0.717) is 46.4 Å². The molecule has 6 saturated heterocycles. The van der Waals surface area contributed by atoms with Gasteiger partial charge in [-0.15, -0.1) is 10.2 Å². The Labute approximate surface area is 309 Å². The van der Waals surface area contributed by atoms with E-state index in [9.17, 15) is 26.3 Å². The van der Waals surface area contributed by atoms with Crippen molar-refractivity contribution in [2.75, 3.05) is 52.5 Å². The highest BCUT2D eigenvalue weighted by molar-refractivity contribution is 6.30. The molecule has 4 bridgehead atoms. The van der Waals surface area contributed by atoms with Crippen LogP contribution in [0.4, 0.5) is 26.3 Å². The van der Waals surface area contributed by atoms with Crippen LogP contribution >= 0.6 is 11.6 Å². The van der Waals surface area contributed by atoms with Gasteiger partial charge < -0.3 is 19.3 Å². The fourth-order valence-electron chi connectivity index (χ4n) is 8.22. The second-order valence-corrected chi connectivity index (χ2v) is 15.1. The van der Waals surface area contributed by atoms with Gasteiger partial charge in [-0.25, -0.2) is 0 Å². The Hall–Kier alpha value is -3.75. The second kappa shape index (κ2) is 15.9. The highest BCUT2D eigenvalue weighted by Crippen LogP contribution is 2.37.